The monoisotopic (exact) mass is 321 g/mol. The van der Waals surface area contributed by atoms with Gasteiger partial charge in [0.05, 0.1) is 6.20 Å². The lowest BCUT2D eigenvalue weighted by molar-refractivity contribution is 0.374. The molecule has 0 aromatic carbocycles. The van der Waals surface area contributed by atoms with E-state index in [9.17, 15) is 5.26 Å². The van der Waals surface area contributed by atoms with Gasteiger partial charge in [0.1, 0.15) is 5.82 Å². The van der Waals surface area contributed by atoms with Crippen LogP contribution in [0.25, 0.3) is 11.2 Å². The SMILES string of the molecule is CN1C=C(c2cnn3c(N)cc(C4CCCB(C#N)C4)nc23)CN1. The van der Waals surface area contributed by atoms with Gasteiger partial charge in [-0.15, -0.1) is 0 Å². The Morgan fingerprint density at radius 1 is 1.50 bits per heavy atom. The van der Waals surface area contributed by atoms with Crippen LogP contribution in [-0.4, -0.2) is 39.9 Å². The Kier molecular flexibility index (Phi) is 3.66. The summed E-state index contributed by atoms with van der Waals surface area (Å²) in [5.41, 5.74) is 13.4. The molecule has 0 saturated carbocycles. The number of nitrogens with one attached hydrogen (secondary N) is 1. The summed E-state index contributed by atoms with van der Waals surface area (Å²) in [6, 6.07) is 1.92. The van der Waals surface area contributed by atoms with Crippen molar-refractivity contribution in [2.75, 3.05) is 19.3 Å². The van der Waals surface area contributed by atoms with Crippen molar-refractivity contribution in [3.05, 3.63) is 29.7 Å². The number of fused-ring (bicyclic) bond motifs is 1. The lowest BCUT2D eigenvalue weighted by atomic mass is 9.41. The first kappa shape index (κ1) is 15.0. The van der Waals surface area contributed by atoms with E-state index in [4.69, 9.17) is 10.7 Å². The topological polar surface area (TPSA) is 95.3 Å². The van der Waals surface area contributed by atoms with Crippen molar-refractivity contribution in [2.45, 2.75) is 31.4 Å². The number of aromatic nitrogens is 3. The normalized spacial score (nSPS) is 21.2. The lowest BCUT2D eigenvalue weighted by Gasteiger charge is -2.23. The van der Waals surface area contributed by atoms with Gasteiger partial charge in [-0.05, 0) is 17.9 Å². The average Bonchev–Trinajstić information content (AvgIpc) is 3.21. The van der Waals surface area contributed by atoms with Crippen LogP contribution in [0.4, 0.5) is 5.82 Å². The first-order chi connectivity index (χ1) is 11.7. The Bertz CT molecular complexity index is 850. The van der Waals surface area contributed by atoms with Crippen LogP contribution < -0.4 is 11.2 Å². The molecule has 3 N–H and O–H groups in total. The van der Waals surface area contributed by atoms with E-state index < -0.39 is 0 Å². The Labute approximate surface area is 141 Å². The summed E-state index contributed by atoms with van der Waals surface area (Å²) in [6.45, 7) is 0.881. The molecular formula is C16H20BN7. The third-order valence-electron chi connectivity index (χ3n) is 5.01. The molecule has 0 aliphatic carbocycles. The zero-order valence-electron chi connectivity index (χ0n) is 13.7. The van der Waals surface area contributed by atoms with Gasteiger partial charge in [0.2, 0.25) is 0 Å². The van der Waals surface area contributed by atoms with Crippen LogP contribution in [0.5, 0.6) is 0 Å². The van der Waals surface area contributed by atoms with Crippen LogP contribution in [0.15, 0.2) is 18.5 Å². The maximum atomic E-state index is 9.23. The molecule has 1 unspecified atom stereocenters. The van der Waals surface area contributed by atoms with Crippen molar-refractivity contribution in [3.63, 3.8) is 0 Å². The number of nitrogen functional groups attached to an aromatic ring is 1. The molecule has 24 heavy (non-hydrogen) atoms. The Balaban J connectivity index is 1.76. The minimum atomic E-state index is 0.128. The van der Waals surface area contributed by atoms with E-state index in [0.717, 1.165) is 54.5 Å². The molecule has 0 amide bonds. The minimum Gasteiger partial charge on any atom is -0.384 e. The van der Waals surface area contributed by atoms with Crippen LogP contribution in [0.1, 0.15) is 30.0 Å². The zero-order valence-corrected chi connectivity index (χ0v) is 13.7. The van der Waals surface area contributed by atoms with Gasteiger partial charge in [-0.2, -0.15) is 9.61 Å². The molecule has 4 heterocycles. The fraction of sp³-hybridized carbons (Fsp3) is 0.438. The quantitative estimate of drug-likeness (QED) is 0.815. The van der Waals surface area contributed by atoms with Gasteiger partial charge in [-0.1, -0.05) is 19.1 Å². The molecule has 4 rings (SSSR count). The second-order valence-electron chi connectivity index (χ2n) is 6.69. The average molecular weight is 321 g/mol. The molecule has 8 heteroatoms. The van der Waals surface area contributed by atoms with Gasteiger partial charge in [0, 0.05) is 43.1 Å². The highest BCUT2D eigenvalue weighted by Crippen LogP contribution is 2.34. The minimum absolute atomic E-state index is 0.128. The molecular weight excluding hydrogens is 301 g/mol. The Morgan fingerprint density at radius 3 is 3.12 bits per heavy atom. The predicted molar refractivity (Wildman–Crippen MR) is 94.1 cm³/mol. The highest BCUT2D eigenvalue weighted by molar-refractivity contribution is 6.67. The number of nitrogens with two attached hydrogens (primary N) is 1. The molecule has 1 saturated heterocycles. The maximum absolute atomic E-state index is 9.23. The van der Waals surface area contributed by atoms with E-state index in [1.54, 1.807) is 4.52 Å². The molecule has 2 aliphatic heterocycles. The fourth-order valence-corrected chi connectivity index (χ4v) is 3.72. The van der Waals surface area contributed by atoms with Crippen LogP contribution in [0, 0.1) is 11.2 Å². The van der Waals surface area contributed by atoms with Crippen LogP contribution in [0.2, 0.25) is 12.6 Å². The van der Waals surface area contributed by atoms with Crippen LogP contribution in [-0.2, 0) is 0 Å². The number of hydrogen-bond donors (Lipinski definition) is 2. The van der Waals surface area contributed by atoms with E-state index in [1.165, 1.54) is 0 Å². The molecule has 2 aromatic heterocycles. The third kappa shape index (κ3) is 2.51. The number of nitrogens with zero attached hydrogens (tertiary/aromatic N) is 5. The smallest absolute Gasteiger partial charge is 0.268 e. The largest absolute Gasteiger partial charge is 0.384 e. The summed E-state index contributed by atoms with van der Waals surface area (Å²) in [7, 11) is 1.97. The summed E-state index contributed by atoms with van der Waals surface area (Å²) >= 11 is 0. The van der Waals surface area contributed by atoms with Crippen molar-refractivity contribution in [1.29, 1.82) is 5.26 Å². The number of anilines is 1. The standard InChI is InChI=1S/C16H20BN7/c1-23-9-12(7-20-23)13-8-21-24-15(19)5-14(22-16(13)24)11-3-2-4-17(6-11)10-18/h5,8-9,11,20H,2-4,6-7,19H2,1H3. The van der Waals surface area contributed by atoms with Crippen molar-refractivity contribution in [3.8, 4) is 5.97 Å². The molecule has 0 spiro atoms. The van der Waals surface area contributed by atoms with Crippen molar-refractivity contribution >= 4 is 23.8 Å². The summed E-state index contributed by atoms with van der Waals surface area (Å²) in [5.74, 6) is 3.31. The zero-order chi connectivity index (χ0) is 16.7. The molecule has 2 aromatic rings. The number of rotatable bonds is 2. The van der Waals surface area contributed by atoms with Crippen LogP contribution >= 0.6 is 0 Å². The second kappa shape index (κ2) is 5.84. The van der Waals surface area contributed by atoms with Crippen molar-refractivity contribution in [1.82, 2.24) is 25.0 Å². The summed E-state index contributed by atoms with van der Waals surface area (Å²) in [5, 5.41) is 15.6. The van der Waals surface area contributed by atoms with Gasteiger partial charge in [0.15, 0.2) is 5.65 Å². The van der Waals surface area contributed by atoms with Gasteiger partial charge in [-0.25, -0.2) is 15.7 Å². The number of hydrazine groups is 1. The molecule has 2 aliphatic rings. The third-order valence-corrected chi connectivity index (χ3v) is 5.01. The highest BCUT2D eigenvalue weighted by Gasteiger charge is 2.28. The molecule has 0 radical (unpaired) electrons. The second-order valence-corrected chi connectivity index (χ2v) is 6.69. The molecule has 7 nitrogen and oxygen atoms in total. The van der Waals surface area contributed by atoms with Gasteiger partial charge in [0.25, 0.3) is 6.71 Å². The van der Waals surface area contributed by atoms with Gasteiger partial charge in [-0.3, -0.25) is 0 Å². The van der Waals surface area contributed by atoms with E-state index in [0.29, 0.717) is 11.7 Å². The number of nitriles is 1. The van der Waals surface area contributed by atoms with Gasteiger partial charge >= 0.3 is 0 Å². The summed E-state index contributed by atoms with van der Waals surface area (Å²) in [6.07, 6.45) is 7.88. The Hall–Kier alpha value is -2.53. The summed E-state index contributed by atoms with van der Waals surface area (Å²) < 4.78 is 1.70. The molecule has 1 atom stereocenters. The van der Waals surface area contributed by atoms with E-state index >= 15 is 0 Å². The fourth-order valence-electron chi connectivity index (χ4n) is 3.72. The predicted octanol–water partition coefficient (Wildman–Crippen LogP) is 1.54. The van der Waals surface area contributed by atoms with Crippen LogP contribution in [0.3, 0.4) is 0 Å². The van der Waals surface area contributed by atoms with E-state index in [1.807, 2.05) is 30.5 Å². The molecule has 1 fully saturated rings. The van der Waals surface area contributed by atoms with Gasteiger partial charge < -0.3 is 10.7 Å². The van der Waals surface area contributed by atoms with E-state index in [-0.39, 0.29) is 6.71 Å². The Morgan fingerprint density at radius 2 is 2.38 bits per heavy atom. The van der Waals surface area contributed by atoms with E-state index in [2.05, 4.69) is 16.5 Å². The van der Waals surface area contributed by atoms with Crippen molar-refractivity contribution in [2.24, 2.45) is 0 Å². The maximum Gasteiger partial charge on any atom is 0.268 e. The first-order valence-corrected chi connectivity index (χ1v) is 8.37. The highest BCUT2D eigenvalue weighted by atomic mass is 15.5. The molecule has 0 bridgehead atoms. The summed E-state index contributed by atoms with van der Waals surface area (Å²) in [4.78, 5) is 4.88. The molecule has 122 valence electrons. The number of hydrogen-bond acceptors (Lipinski definition) is 6. The lowest BCUT2D eigenvalue weighted by Crippen LogP contribution is -2.23. The first-order valence-electron chi connectivity index (χ1n) is 8.37. The van der Waals surface area contributed by atoms with Crippen molar-refractivity contribution < 1.29 is 0 Å².